The number of fused-ring (bicyclic) bond motifs is 6. The zero-order valence-corrected chi connectivity index (χ0v) is 23.3. The van der Waals surface area contributed by atoms with E-state index in [0.717, 1.165) is 43.2 Å². The van der Waals surface area contributed by atoms with Crippen LogP contribution in [-0.2, 0) is 16.4 Å². The number of benzene rings is 3. The third kappa shape index (κ3) is 3.85. The lowest BCUT2D eigenvalue weighted by Crippen LogP contribution is -2.55. The number of sulfonamides is 1. The molecule has 6 nitrogen and oxygen atoms in total. The minimum atomic E-state index is -3.84. The first-order valence-electron chi connectivity index (χ1n) is 13.8. The molecule has 0 amide bonds. The number of phenols is 1. The van der Waals surface area contributed by atoms with Crippen LogP contribution in [0.25, 0.3) is 10.8 Å². The summed E-state index contributed by atoms with van der Waals surface area (Å²) in [4.78, 5) is 2.23. The van der Waals surface area contributed by atoms with Gasteiger partial charge in [-0.2, -0.15) is 0 Å². The molecular formula is C31H38N2O4S. The van der Waals surface area contributed by atoms with Gasteiger partial charge in [-0.25, -0.2) is 13.1 Å². The van der Waals surface area contributed by atoms with Gasteiger partial charge in [0.25, 0.3) is 0 Å². The standard InChI is InChI=1S/C31H38N2O4S/c1-30-16-14-23-22-13-11-21(34)18-20(22)10-12-24(23)27(30)15-17-31(30,35)19-32-38(36,37)29-9-5-6-25-26(29)7-4-8-28(25)33(2)3/h4-9,11,13,18,23-24,27,32,34-35H,10,12,14-17,19H2,1-3H3/t23-,24-,27+,30+,31-/m1/s1. The third-order valence-electron chi connectivity index (χ3n) is 10.2. The molecule has 38 heavy (non-hydrogen) atoms. The van der Waals surface area contributed by atoms with Crippen molar-refractivity contribution in [3.8, 4) is 5.75 Å². The molecule has 6 rings (SSSR count). The number of nitrogens with zero attached hydrogens (tertiary/aromatic N) is 1. The summed E-state index contributed by atoms with van der Waals surface area (Å²) in [5, 5.41) is 23.6. The second-order valence-corrected chi connectivity index (χ2v) is 13.9. The molecule has 3 aromatic rings. The molecule has 202 valence electrons. The number of hydrogen-bond donors (Lipinski definition) is 3. The number of aliphatic hydroxyl groups is 1. The average molecular weight is 535 g/mol. The van der Waals surface area contributed by atoms with E-state index in [2.05, 4.69) is 17.7 Å². The van der Waals surface area contributed by atoms with Crippen molar-refractivity contribution in [2.75, 3.05) is 25.5 Å². The molecule has 0 spiro atoms. The number of anilines is 1. The monoisotopic (exact) mass is 534 g/mol. The molecule has 2 fully saturated rings. The number of nitrogens with one attached hydrogen (secondary N) is 1. The fourth-order valence-corrected chi connectivity index (χ4v) is 9.46. The van der Waals surface area contributed by atoms with Gasteiger partial charge in [-0.15, -0.1) is 0 Å². The Labute approximate surface area is 225 Å². The van der Waals surface area contributed by atoms with Crippen molar-refractivity contribution in [1.29, 1.82) is 0 Å². The van der Waals surface area contributed by atoms with Gasteiger partial charge in [0.15, 0.2) is 0 Å². The molecule has 0 aliphatic heterocycles. The maximum absolute atomic E-state index is 13.6. The van der Waals surface area contributed by atoms with Gasteiger partial charge in [-0.05, 0) is 91.7 Å². The second-order valence-electron chi connectivity index (χ2n) is 12.2. The first-order valence-corrected chi connectivity index (χ1v) is 15.3. The molecule has 0 bridgehead atoms. The molecule has 0 heterocycles. The van der Waals surface area contributed by atoms with E-state index in [1.165, 1.54) is 11.1 Å². The van der Waals surface area contributed by atoms with Crippen LogP contribution < -0.4 is 9.62 Å². The van der Waals surface area contributed by atoms with Crippen LogP contribution in [0.15, 0.2) is 59.5 Å². The van der Waals surface area contributed by atoms with E-state index in [0.29, 0.717) is 35.3 Å². The highest BCUT2D eigenvalue weighted by Gasteiger charge is 2.61. The molecule has 3 aliphatic rings. The molecular weight excluding hydrogens is 496 g/mol. The van der Waals surface area contributed by atoms with Crippen LogP contribution in [-0.4, -0.2) is 44.9 Å². The Morgan fingerprint density at radius 2 is 1.76 bits per heavy atom. The van der Waals surface area contributed by atoms with Crippen LogP contribution in [0, 0.1) is 17.3 Å². The van der Waals surface area contributed by atoms with E-state index < -0.39 is 15.6 Å². The lowest BCUT2D eigenvalue weighted by molar-refractivity contribution is -0.0979. The largest absolute Gasteiger partial charge is 0.508 e. The van der Waals surface area contributed by atoms with E-state index in [4.69, 9.17) is 0 Å². The van der Waals surface area contributed by atoms with Gasteiger partial charge < -0.3 is 15.1 Å². The Balaban J connectivity index is 1.26. The number of rotatable bonds is 5. The van der Waals surface area contributed by atoms with Gasteiger partial charge >= 0.3 is 0 Å². The van der Waals surface area contributed by atoms with Gasteiger partial charge in [0, 0.05) is 42.5 Å². The molecule has 0 radical (unpaired) electrons. The van der Waals surface area contributed by atoms with E-state index in [-0.39, 0.29) is 16.9 Å². The van der Waals surface area contributed by atoms with Crippen molar-refractivity contribution >= 4 is 26.5 Å². The SMILES string of the molecule is CN(C)c1cccc2c(S(=O)(=O)NC[C@]3(O)CC[C@H]4[C@@H]5CCc6cc(O)ccc6[C@H]5CC[C@@]43C)cccc12. The summed E-state index contributed by atoms with van der Waals surface area (Å²) < 4.78 is 30.1. The zero-order valence-electron chi connectivity index (χ0n) is 22.4. The molecule has 0 aromatic heterocycles. The van der Waals surface area contributed by atoms with Gasteiger partial charge in [0.1, 0.15) is 5.75 Å². The number of aromatic hydroxyl groups is 1. The first-order chi connectivity index (χ1) is 18.0. The summed E-state index contributed by atoms with van der Waals surface area (Å²) >= 11 is 0. The predicted molar refractivity (Wildman–Crippen MR) is 151 cm³/mol. The Morgan fingerprint density at radius 3 is 2.55 bits per heavy atom. The maximum Gasteiger partial charge on any atom is 0.241 e. The Morgan fingerprint density at radius 1 is 1.00 bits per heavy atom. The van der Waals surface area contributed by atoms with Gasteiger partial charge in [-0.3, -0.25) is 0 Å². The highest BCUT2D eigenvalue weighted by molar-refractivity contribution is 7.89. The van der Waals surface area contributed by atoms with Crippen molar-refractivity contribution in [2.45, 2.75) is 61.9 Å². The Hall–Kier alpha value is -2.61. The molecule has 3 N–H and O–H groups in total. The molecule has 0 unspecified atom stereocenters. The average Bonchev–Trinajstić information content (AvgIpc) is 3.17. The minimum Gasteiger partial charge on any atom is -0.508 e. The quantitative estimate of drug-likeness (QED) is 0.420. The predicted octanol–water partition coefficient (Wildman–Crippen LogP) is 5.18. The number of phenolic OH excluding ortho intramolecular Hbond substituents is 1. The summed E-state index contributed by atoms with van der Waals surface area (Å²) in [5.74, 6) is 1.59. The highest BCUT2D eigenvalue weighted by Crippen LogP contribution is 2.64. The fourth-order valence-electron chi connectivity index (χ4n) is 8.15. The fraction of sp³-hybridized carbons (Fsp3) is 0.484. The van der Waals surface area contributed by atoms with Crippen molar-refractivity contribution < 1.29 is 18.6 Å². The highest BCUT2D eigenvalue weighted by atomic mass is 32.2. The first kappa shape index (κ1) is 25.7. The summed E-state index contributed by atoms with van der Waals surface area (Å²) in [5.41, 5.74) is 2.13. The summed E-state index contributed by atoms with van der Waals surface area (Å²) in [6.07, 6.45) is 5.33. The van der Waals surface area contributed by atoms with Crippen LogP contribution in [0.5, 0.6) is 5.75 Å². The van der Waals surface area contributed by atoms with E-state index in [9.17, 15) is 18.6 Å². The van der Waals surface area contributed by atoms with E-state index in [1.807, 2.05) is 49.3 Å². The Bertz CT molecular complexity index is 1500. The molecule has 3 aliphatic carbocycles. The lowest BCUT2D eigenvalue weighted by atomic mass is 9.53. The summed E-state index contributed by atoms with van der Waals surface area (Å²) in [6.45, 7) is 2.21. The summed E-state index contributed by atoms with van der Waals surface area (Å²) in [6, 6.07) is 16.9. The Kier molecular flexibility index (Phi) is 6.05. The molecule has 2 saturated carbocycles. The van der Waals surface area contributed by atoms with E-state index in [1.54, 1.807) is 18.2 Å². The van der Waals surface area contributed by atoms with Gasteiger partial charge in [0.05, 0.1) is 10.5 Å². The smallest absolute Gasteiger partial charge is 0.241 e. The van der Waals surface area contributed by atoms with Crippen LogP contribution in [0.3, 0.4) is 0 Å². The van der Waals surface area contributed by atoms with Gasteiger partial charge in [-0.1, -0.05) is 37.3 Å². The van der Waals surface area contributed by atoms with Crippen LogP contribution >= 0.6 is 0 Å². The van der Waals surface area contributed by atoms with Gasteiger partial charge in [0.2, 0.25) is 10.0 Å². The topological polar surface area (TPSA) is 89.9 Å². The van der Waals surface area contributed by atoms with Crippen LogP contribution in [0.4, 0.5) is 5.69 Å². The van der Waals surface area contributed by atoms with Crippen LogP contribution in [0.2, 0.25) is 0 Å². The van der Waals surface area contributed by atoms with Crippen molar-refractivity contribution in [2.24, 2.45) is 17.3 Å². The normalized spacial score (nSPS) is 30.5. The second kappa shape index (κ2) is 8.97. The molecule has 0 saturated heterocycles. The third-order valence-corrected chi connectivity index (χ3v) is 11.7. The zero-order chi connectivity index (χ0) is 26.9. The summed E-state index contributed by atoms with van der Waals surface area (Å²) in [7, 11) is 0.0585. The number of hydrogen-bond acceptors (Lipinski definition) is 5. The maximum atomic E-state index is 13.6. The number of aryl methyl sites for hydroxylation is 1. The lowest BCUT2D eigenvalue weighted by Gasteiger charge is -2.53. The molecule has 7 heteroatoms. The van der Waals surface area contributed by atoms with E-state index >= 15 is 0 Å². The van der Waals surface area contributed by atoms with Crippen molar-refractivity contribution in [3.63, 3.8) is 0 Å². The van der Waals surface area contributed by atoms with Crippen molar-refractivity contribution in [3.05, 3.63) is 65.7 Å². The molecule has 3 aromatic carbocycles. The minimum absolute atomic E-state index is 0.0218. The van der Waals surface area contributed by atoms with Crippen LogP contribution in [0.1, 0.15) is 56.1 Å². The molecule has 5 atom stereocenters. The van der Waals surface area contributed by atoms with Crippen molar-refractivity contribution in [1.82, 2.24) is 4.72 Å².